The van der Waals surface area contributed by atoms with Crippen molar-refractivity contribution >= 4 is 17.8 Å². The second-order valence-corrected chi connectivity index (χ2v) is 5.08. The maximum atomic E-state index is 12.0. The molecule has 18 heavy (non-hydrogen) atoms. The topological polar surface area (TPSA) is 75.3 Å². The summed E-state index contributed by atoms with van der Waals surface area (Å²) in [6.45, 7) is 7.67. The van der Waals surface area contributed by atoms with Gasteiger partial charge in [0.05, 0.1) is 0 Å². The molecule has 0 saturated carbocycles. The zero-order chi connectivity index (χ0) is 13.8. The average molecular weight is 252 g/mol. The lowest BCUT2D eigenvalue weighted by Crippen LogP contribution is -2.62. The van der Waals surface area contributed by atoms with Crippen molar-refractivity contribution in [2.75, 3.05) is 0 Å². The third-order valence-electron chi connectivity index (χ3n) is 3.25. The number of carbonyl (C=O) groups is 3. The van der Waals surface area contributed by atoms with Crippen LogP contribution < -0.4 is 10.6 Å². The molecular formula is C13H20N2O3. The first-order valence-corrected chi connectivity index (χ1v) is 6.20. The number of nitrogens with one attached hydrogen (secondary N) is 2. The van der Waals surface area contributed by atoms with Crippen molar-refractivity contribution in [3.8, 4) is 0 Å². The number of urea groups is 1. The number of imide groups is 2. The Morgan fingerprint density at radius 2 is 1.72 bits per heavy atom. The van der Waals surface area contributed by atoms with Crippen molar-refractivity contribution < 1.29 is 14.4 Å². The summed E-state index contributed by atoms with van der Waals surface area (Å²) in [5, 5.41) is 4.38. The van der Waals surface area contributed by atoms with Gasteiger partial charge in [-0.3, -0.25) is 20.2 Å². The van der Waals surface area contributed by atoms with Crippen LogP contribution in [0.4, 0.5) is 4.79 Å². The molecule has 0 spiro atoms. The van der Waals surface area contributed by atoms with E-state index in [1.165, 1.54) is 0 Å². The van der Waals surface area contributed by atoms with E-state index in [1.54, 1.807) is 6.08 Å². The van der Waals surface area contributed by atoms with Gasteiger partial charge in [0.1, 0.15) is 5.41 Å². The molecule has 0 atom stereocenters. The molecule has 2 N–H and O–H groups in total. The highest BCUT2D eigenvalue weighted by Crippen LogP contribution is 2.33. The zero-order valence-electron chi connectivity index (χ0n) is 10.9. The van der Waals surface area contributed by atoms with Gasteiger partial charge in [0, 0.05) is 0 Å². The smallest absolute Gasteiger partial charge is 0.277 e. The molecule has 0 unspecified atom stereocenters. The Labute approximate surface area is 107 Å². The van der Waals surface area contributed by atoms with Crippen molar-refractivity contribution in [3.63, 3.8) is 0 Å². The largest absolute Gasteiger partial charge is 0.328 e. The molecule has 0 aromatic heterocycles. The minimum atomic E-state index is -1.13. The standard InChI is InChI=1S/C13H20N2O3/c1-4-5-7-13(8-6-9(2)3)10(16)14-12(18)15-11(13)17/h4,9H,1,5-8H2,2-3H3,(H2,14,15,16,17,18). The van der Waals surface area contributed by atoms with E-state index in [-0.39, 0.29) is 0 Å². The molecule has 0 aliphatic carbocycles. The summed E-state index contributed by atoms with van der Waals surface area (Å²) >= 11 is 0. The molecule has 0 radical (unpaired) electrons. The predicted octanol–water partition coefficient (Wildman–Crippen LogP) is 1.74. The van der Waals surface area contributed by atoms with Gasteiger partial charge in [0.15, 0.2) is 0 Å². The van der Waals surface area contributed by atoms with Crippen LogP contribution in [0.3, 0.4) is 0 Å². The monoisotopic (exact) mass is 252 g/mol. The summed E-state index contributed by atoms with van der Waals surface area (Å²) in [6.07, 6.45) is 3.82. The molecule has 1 saturated heterocycles. The number of hydrogen-bond donors (Lipinski definition) is 2. The van der Waals surface area contributed by atoms with Crippen LogP contribution in [0.1, 0.15) is 39.5 Å². The fraction of sp³-hybridized carbons (Fsp3) is 0.615. The Kier molecular flexibility index (Phi) is 4.64. The summed E-state index contributed by atoms with van der Waals surface area (Å²) < 4.78 is 0. The number of barbiturate groups is 1. The quantitative estimate of drug-likeness (QED) is 0.558. The Balaban J connectivity index is 2.93. The lowest BCUT2D eigenvalue weighted by Gasteiger charge is -2.34. The molecule has 1 heterocycles. The van der Waals surface area contributed by atoms with Crippen LogP contribution in [-0.2, 0) is 9.59 Å². The first kappa shape index (κ1) is 14.4. The van der Waals surface area contributed by atoms with Gasteiger partial charge in [-0.25, -0.2) is 4.79 Å². The highest BCUT2D eigenvalue weighted by molar-refractivity contribution is 6.19. The maximum Gasteiger partial charge on any atom is 0.328 e. The van der Waals surface area contributed by atoms with E-state index in [2.05, 4.69) is 17.2 Å². The summed E-state index contributed by atoms with van der Waals surface area (Å²) in [5.41, 5.74) is -1.13. The van der Waals surface area contributed by atoms with Gasteiger partial charge in [-0.15, -0.1) is 6.58 Å². The lowest BCUT2D eigenvalue weighted by molar-refractivity contribution is -0.145. The first-order chi connectivity index (χ1) is 8.42. The minimum Gasteiger partial charge on any atom is -0.277 e. The number of amides is 4. The van der Waals surface area contributed by atoms with E-state index < -0.39 is 23.3 Å². The molecule has 1 aliphatic rings. The van der Waals surface area contributed by atoms with Crippen LogP contribution in [0.2, 0.25) is 0 Å². The summed E-state index contributed by atoms with van der Waals surface area (Å²) in [4.78, 5) is 35.2. The first-order valence-electron chi connectivity index (χ1n) is 6.20. The van der Waals surface area contributed by atoms with Crippen molar-refractivity contribution in [2.45, 2.75) is 39.5 Å². The van der Waals surface area contributed by atoms with Crippen LogP contribution in [0.5, 0.6) is 0 Å². The lowest BCUT2D eigenvalue weighted by atomic mass is 9.75. The van der Waals surface area contributed by atoms with Crippen molar-refractivity contribution in [2.24, 2.45) is 11.3 Å². The van der Waals surface area contributed by atoms with Crippen LogP contribution >= 0.6 is 0 Å². The Morgan fingerprint density at radius 3 is 2.17 bits per heavy atom. The Morgan fingerprint density at radius 1 is 1.17 bits per heavy atom. The van der Waals surface area contributed by atoms with E-state index in [4.69, 9.17) is 0 Å². The average Bonchev–Trinajstić information content (AvgIpc) is 2.27. The van der Waals surface area contributed by atoms with Crippen LogP contribution in [0.25, 0.3) is 0 Å². The van der Waals surface area contributed by atoms with Crippen molar-refractivity contribution in [1.82, 2.24) is 10.6 Å². The third-order valence-corrected chi connectivity index (χ3v) is 3.25. The second kappa shape index (κ2) is 5.80. The summed E-state index contributed by atoms with van der Waals surface area (Å²) in [5.74, 6) is -0.582. The van der Waals surface area contributed by atoms with Gasteiger partial charge in [0.2, 0.25) is 11.8 Å². The van der Waals surface area contributed by atoms with Gasteiger partial charge < -0.3 is 0 Å². The van der Waals surface area contributed by atoms with Crippen molar-refractivity contribution in [3.05, 3.63) is 12.7 Å². The molecular weight excluding hydrogens is 232 g/mol. The van der Waals surface area contributed by atoms with Gasteiger partial charge in [-0.05, 0) is 31.6 Å². The van der Waals surface area contributed by atoms with Crippen LogP contribution in [0.15, 0.2) is 12.7 Å². The number of hydrogen-bond acceptors (Lipinski definition) is 3. The Hall–Kier alpha value is -1.65. The predicted molar refractivity (Wildman–Crippen MR) is 67.6 cm³/mol. The molecule has 5 nitrogen and oxygen atoms in total. The zero-order valence-corrected chi connectivity index (χ0v) is 10.9. The van der Waals surface area contributed by atoms with Gasteiger partial charge in [0.25, 0.3) is 0 Å². The summed E-state index contributed by atoms with van der Waals surface area (Å²) in [6, 6.07) is -0.733. The van der Waals surface area contributed by atoms with E-state index in [1.807, 2.05) is 13.8 Å². The fourth-order valence-corrected chi connectivity index (χ4v) is 2.04. The SMILES string of the molecule is C=CCCC1(CCC(C)C)C(=O)NC(=O)NC1=O. The van der Waals surface area contributed by atoms with Gasteiger partial charge >= 0.3 is 6.03 Å². The van der Waals surface area contributed by atoms with E-state index in [9.17, 15) is 14.4 Å². The minimum absolute atomic E-state index is 0.383. The normalized spacial score (nSPS) is 18.5. The highest BCUT2D eigenvalue weighted by Gasteiger charge is 2.49. The molecule has 0 aromatic carbocycles. The molecule has 4 amide bonds. The third kappa shape index (κ3) is 2.97. The van der Waals surface area contributed by atoms with Crippen LogP contribution in [0, 0.1) is 11.3 Å². The highest BCUT2D eigenvalue weighted by atomic mass is 16.2. The van der Waals surface area contributed by atoms with E-state index in [0.29, 0.717) is 25.2 Å². The molecule has 5 heteroatoms. The van der Waals surface area contributed by atoms with E-state index >= 15 is 0 Å². The maximum absolute atomic E-state index is 12.0. The van der Waals surface area contributed by atoms with Crippen molar-refractivity contribution in [1.29, 1.82) is 0 Å². The number of carbonyl (C=O) groups excluding carboxylic acids is 3. The number of rotatable bonds is 6. The van der Waals surface area contributed by atoms with Crippen LogP contribution in [-0.4, -0.2) is 17.8 Å². The molecule has 0 aromatic rings. The Bertz CT molecular complexity index is 354. The van der Waals surface area contributed by atoms with Gasteiger partial charge in [-0.1, -0.05) is 19.9 Å². The van der Waals surface area contributed by atoms with E-state index in [0.717, 1.165) is 6.42 Å². The molecule has 1 rings (SSSR count). The summed E-state index contributed by atoms with van der Waals surface area (Å²) in [7, 11) is 0. The molecule has 100 valence electrons. The van der Waals surface area contributed by atoms with Gasteiger partial charge in [-0.2, -0.15) is 0 Å². The second-order valence-electron chi connectivity index (χ2n) is 5.08. The number of allylic oxidation sites excluding steroid dienone is 1. The molecule has 1 fully saturated rings. The molecule has 0 bridgehead atoms. The molecule has 1 aliphatic heterocycles. The fourth-order valence-electron chi connectivity index (χ4n) is 2.04.